The largest absolute Gasteiger partial charge is 0.449 e. The molecule has 0 saturated carbocycles. The first-order valence-corrected chi connectivity index (χ1v) is 12.2. The van der Waals surface area contributed by atoms with Gasteiger partial charge in [-0.05, 0) is 55.9 Å². The van der Waals surface area contributed by atoms with Gasteiger partial charge < -0.3 is 31.2 Å². The highest BCUT2D eigenvalue weighted by atomic mass is 16.6. The normalized spacial score (nSPS) is 13.1. The van der Waals surface area contributed by atoms with Crippen molar-refractivity contribution in [2.75, 3.05) is 19.7 Å². The lowest BCUT2D eigenvalue weighted by Crippen LogP contribution is -2.49. The van der Waals surface area contributed by atoms with Crippen molar-refractivity contribution in [3.8, 4) is 11.1 Å². The Morgan fingerprint density at radius 3 is 2.08 bits per heavy atom. The van der Waals surface area contributed by atoms with Gasteiger partial charge in [0.15, 0.2) is 0 Å². The Labute approximate surface area is 216 Å². The molecule has 0 saturated heterocycles. The number of benzene rings is 2. The highest BCUT2D eigenvalue weighted by Gasteiger charge is 2.29. The minimum Gasteiger partial charge on any atom is -0.449 e. The molecule has 1 unspecified atom stereocenters. The summed E-state index contributed by atoms with van der Waals surface area (Å²) in [6.07, 6.45) is -0.796. The molecule has 1 aliphatic rings. The summed E-state index contributed by atoms with van der Waals surface area (Å²) in [7, 11) is 0. The second-order valence-corrected chi connectivity index (χ2v) is 9.78. The van der Waals surface area contributed by atoms with Gasteiger partial charge in [-0.2, -0.15) is 0 Å². The zero-order valence-corrected chi connectivity index (χ0v) is 21.3. The number of hydrogen-bond acceptors (Lipinski definition) is 6. The number of carbonyl (C=O) groups excluding carboxylic acids is 4. The zero-order chi connectivity index (χ0) is 27.0. The van der Waals surface area contributed by atoms with Gasteiger partial charge in [0, 0.05) is 12.5 Å². The summed E-state index contributed by atoms with van der Waals surface area (Å²) in [5.41, 5.74) is 8.86. The number of alkyl carbamates (subject to hydrolysis) is 2. The monoisotopic (exact) mass is 510 g/mol. The second kappa shape index (κ2) is 12.2. The van der Waals surface area contributed by atoms with E-state index in [1.54, 1.807) is 20.8 Å². The van der Waals surface area contributed by atoms with Crippen molar-refractivity contribution in [2.45, 2.75) is 51.2 Å². The maximum atomic E-state index is 12.4. The number of amides is 4. The fourth-order valence-corrected chi connectivity index (χ4v) is 4.16. The third-order valence-corrected chi connectivity index (χ3v) is 5.73. The molecule has 198 valence electrons. The molecule has 2 aromatic rings. The van der Waals surface area contributed by atoms with Crippen LogP contribution in [0.2, 0.25) is 0 Å². The number of hydrogen-bond donors (Lipinski definition) is 4. The highest BCUT2D eigenvalue weighted by molar-refractivity contribution is 5.89. The fraction of sp³-hybridized carbons (Fsp3) is 0.407. The first-order chi connectivity index (χ1) is 17.5. The average Bonchev–Trinajstić information content (AvgIpc) is 3.15. The Balaban J connectivity index is 1.48. The summed E-state index contributed by atoms with van der Waals surface area (Å²) in [5, 5.41) is 7.55. The summed E-state index contributed by atoms with van der Waals surface area (Å²) in [6, 6.07) is 15.2. The third kappa shape index (κ3) is 7.96. The molecular formula is C27H34N4O6. The van der Waals surface area contributed by atoms with Gasteiger partial charge in [-0.3, -0.25) is 9.59 Å². The van der Waals surface area contributed by atoms with E-state index in [9.17, 15) is 19.2 Å². The van der Waals surface area contributed by atoms with E-state index < -0.39 is 35.6 Å². The summed E-state index contributed by atoms with van der Waals surface area (Å²) < 4.78 is 10.7. The van der Waals surface area contributed by atoms with Crippen LogP contribution in [0.15, 0.2) is 48.5 Å². The molecule has 0 aliphatic heterocycles. The Hall–Kier alpha value is -4.08. The fourth-order valence-electron chi connectivity index (χ4n) is 4.16. The van der Waals surface area contributed by atoms with Gasteiger partial charge in [-0.1, -0.05) is 48.5 Å². The number of ether oxygens (including phenoxy) is 2. The summed E-state index contributed by atoms with van der Waals surface area (Å²) in [6.45, 7) is 5.15. The molecule has 0 bridgehead atoms. The molecule has 1 aliphatic carbocycles. The number of rotatable bonds is 10. The first-order valence-electron chi connectivity index (χ1n) is 12.2. The maximum absolute atomic E-state index is 12.4. The van der Waals surface area contributed by atoms with Crippen LogP contribution in [0.5, 0.6) is 0 Å². The molecule has 10 nitrogen and oxygen atoms in total. The molecule has 0 spiro atoms. The number of fused-ring (bicyclic) bond motifs is 3. The van der Waals surface area contributed by atoms with Gasteiger partial charge in [-0.25, -0.2) is 9.59 Å². The van der Waals surface area contributed by atoms with E-state index in [0.717, 1.165) is 22.3 Å². The Bertz CT molecular complexity index is 1100. The van der Waals surface area contributed by atoms with Crippen LogP contribution in [0, 0.1) is 0 Å². The van der Waals surface area contributed by atoms with E-state index >= 15 is 0 Å². The van der Waals surface area contributed by atoms with Crippen molar-refractivity contribution in [3.05, 3.63) is 59.7 Å². The average molecular weight is 511 g/mol. The van der Waals surface area contributed by atoms with Gasteiger partial charge in [0.1, 0.15) is 18.2 Å². The number of carbonyl (C=O) groups is 4. The Kier molecular flexibility index (Phi) is 9.10. The molecule has 5 N–H and O–H groups in total. The van der Waals surface area contributed by atoms with Crippen molar-refractivity contribution in [3.63, 3.8) is 0 Å². The minimum absolute atomic E-state index is 0.0467. The van der Waals surface area contributed by atoms with E-state index in [1.165, 1.54) is 0 Å². The summed E-state index contributed by atoms with van der Waals surface area (Å²) in [5.74, 6) is -1.33. The third-order valence-electron chi connectivity index (χ3n) is 5.73. The van der Waals surface area contributed by atoms with Crippen LogP contribution in [0.1, 0.15) is 50.7 Å². The molecule has 0 aromatic heterocycles. The van der Waals surface area contributed by atoms with E-state index in [0.29, 0.717) is 6.42 Å². The van der Waals surface area contributed by atoms with E-state index in [-0.39, 0.29) is 32.0 Å². The van der Waals surface area contributed by atoms with Gasteiger partial charge in [0.25, 0.3) is 0 Å². The second-order valence-electron chi connectivity index (χ2n) is 9.78. The van der Waals surface area contributed by atoms with E-state index in [2.05, 4.69) is 28.1 Å². The van der Waals surface area contributed by atoms with Crippen LogP contribution in [-0.2, 0) is 19.1 Å². The van der Waals surface area contributed by atoms with E-state index in [4.69, 9.17) is 15.2 Å². The minimum atomic E-state index is -0.974. The lowest BCUT2D eigenvalue weighted by atomic mass is 9.98. The van der Waals surface area contributed by atoms with Crippen molar-refractivity contribution >= 4 is 24.0 Å². The van der Waals surface area contributed by atoms with Gasteiger partial charge >= 0.3 is 12.2 Å². The van der Waals surface area contributed by atoms with Crippen molar-refractivity contribution in [1.82, 2.24) is 16.0 Å². The van der Waals surface area contributed by atoms with Crippen LogP contribution in [0.25, 0.3) is 11.1 Å². The Morgan fingerprint density at radius 1 is 0.919 bits per heavy atom. The van der Waals surface area contributed by atoms with Gasteiger partial charge in [0.2, 0.25) is 11.8 Å². The lowest BCUT2D eigenvalue weighted by molar-refractivity contribution is -0.126. The molecule has 0 radical (unpaired) electrons. The SMILES string of the molecule is CC(C)(C)OC(=O)NC(CCCNC(=O)OCC1c2ccccc2-c2ccccc21)C(=O)NCC(N)=O. The molecule has 4 amide bonds. The number of nitrogens with one attached hydrogen (secondary N) is 3. The number of primary amides is 1. The molecule has 37 heavy (non-hydrogen) atoms. The predicted octanol–water partition coefficient (Wildman–Crippen LogP) is 2.80. The highest BCUT2D eigenvalue weighted by Crippen LogP contribution is 2.44. The van der Waals surface area contributed by atoms with Crippen molar-refractivity contribution < 1.29 is 28.7 Å². The molecule has 0 fully saturated rings. The smallest absolute Gasteiger partial charge is 0.408 e. The molecule has 10 heteroatoms. The maximum Gasteiger partial charge on any atom is 0.408 e. The molecule has 0 heterocycles. The van der Waals surface area contributed by atoms with Crippen molar-refractivity contribution in [1.29, 1.82) is 0 Å². The van der Waals surface area contributed by atoms with Gasteiger partial charge in [-0.15, -0.1) is 0 Å². The number of nitrogens with two attached hydrogens (primary N) is 1. The topological polar surface area (TPSA) is 149 Å². The van der Waals surface area contributed by atoms with Gasteiger partial charge in [0.05, 0.1) is 6.54 Å². The predicted molar refractivity (Wildman–Crippen MR) is 138 cm³/mol. The van der Waals surface area contributed by atoms with Crippen molar-refractivity contribution in [2.24, 2.45) is 5.73 Å². The molecule has 1 atom stereocenters. The molecular weight excluding hydrogens is 476 g/mol. The Morgan fingerprint density at radius 2 is 1.51 bits per heavy atom. The first kappa shape index (κ1) is 27.5. The molecule has 2 aromatic carbocycles. The quantitative estimate of drug-likeness (QED) is 0.361. The van der Waals surface area contributed by atoms with E-state index in [1.807, 2.05) is 36.4 Å². The van der Waals surface area contributed by atoms with Crippen LogP contribution in [0.3, 0.4) is 0 Å². The lowest BCUT2D eigenvalue weighted by Gasteiger charge is -2.23. The van der Waals surface area contributed by atoms with Crippen LogP contribution in [0.4, 0.5) is 9.59 Å². The van der Waals surface area contributed by atoms with Crippen LogP contribution >= 0.6 is 0 Å². The standard InChI is InChI=1S/C27H34N4O6/c1-27(2,3)37-26(35)31-22(24(33)30-15-23(28)32)13-8-14-29-25(34)36-16-21-19-11-6-4-9-17(19)18-10-5-7-12-20(18)21/h4-7,9-12,21-22H,8,13-16H2,1-3H3,(H2,28,32)(H,29,34)(H,30,33)(H,31,35). The van der Waals surface area contributed by atoms with Crippen LogP contribution < -0.4 is 21.7 Å². The summed E-state index contributed by atoms with van der Waals surface area (Å²) >= 11 is 0. The molecule has 3 rings (SSSR count). The summed E-state index contributed by atoms with van der Waals surface area (Å²) in [4.78, 5) is 47.9. The van der Waals surface area contributed by atoms with Crippen LogP contribution in [-0.4, -0.2) is 55.3 Å². The zero-order valence-electron chi connectivity index (χ0n) is 21.3.